The molecule has 10 nitrogen and oxygen atoms in total. The molecular weight excluding hydrogens is 486 g/mol. The first-order chi connectivity index (χ1) is 16.2. The molecule has 0 aliphatic carbocycles. The molecule has 2 heterocycles. The van der Waals surface area contributed by atoms with Crippen LogP contribution in [0.15, 0.2) is 64.6 Å². The molecule has 0 bridgehead atoms. The fourth-order valence-electron chi connectivity index (χ4n) is 3.18. The van der Waals surface area contributed by atoms with Crippen molar-refractivity contribution in [3.05, 3.63) is 86.6 Å². The average molecular weight is 498 g/mol. The Bertz CT molecular complexity index is 1410. The molecule has 1 aliphatic rings. The Morgan fingerprint density at radius 2 is 1.85 bits per heavy atom. The van der Waals surface area contributed by atoms with Gasteiger partial charge in [0.1, 0.15) is 17.1 Å². The van der Waals surface area contributed by atoms with Gasteiger partial charge in [-0.2, -0.15) is 0 Å². The number of carboxylic acid groups (broad SMARTS) is 1. The van der Waals surface area contributed by atoms with E-state index in [2.05, 4.69) is 5.32 Å². The molecule has 3 aromatic rings. The van der Waals surface area contributed by atoms with Crippen molar-refractivity contribution in [1.29, 1.82) is 0 Å². The van der Waals surface area contributed by atoms with Crippen LogP contribution < -0.4 is 10.2 Å². The lowest BCUT2D eigenvalue weighted by atomic mass is 10.1. The molecule has 4 rings (SSSR count). The molecule has 34 heavy (non-hydrogen) atoms. The van der Waals surface area contributed by atoms with Crippen molar-refractivity contribution in [1.82, 2.24) is 5.32 Å². The van der Waals surface area contributed by atoms with Crippen LogP contribution in [0.1, 0.15) is 16.1 Å². The highest BCUT2D eigenvalue weighted by atomic mass is 35.5. The van der Waals surface area contributed by atoms with Gasteiger partial charge in [0.05, 0.1) is 21.2 Å². The summed E-state index contributed by atoms with van der Waals surface area (Å²) in [5.74, 6) is -2.18. The molecule has 2 N–H and O–H groups in total. The number of nitro groups is 1. The van der Waals surface area contributed by atoms with Gasteiger partial charge in [-0.3, -0.25) is 29.9 Å². The van der Waals surface area contributed by atoms with Gasteiger partial charge in [-0.15, -0.1) is 0 Å². The smallest absolute Gasteiger partial charge is 0.335 e. The van der Waals surface area contributed by atoms with E-state index in [1.807, 2.05) is 0 Å². The van der Waals surface area contributed by atoms with Crippen molar-refractivity contribution in [3.63, 3.8) is 0 Å². The number of carbonyl (C=O) groups excluding carboxylic acids is 2. The van der Waals surface area contributed by atoms with Crippen LogP contribution >= 0.6 is 23.8 Å². The van der Waals surface area contributed by atoms with Crippen LogP contribution in [0.25, 0.3) is 17.4 Å². The second kappa shape index (κ2) is 8.89. The second-order valence-electron chi connectivity index (χ2n) is 6.93. The lowest BCUT2D eigenvalue weighted by Gasteiger charge is -2.28. The molecule has 12 heteroatoms. The highest BCUT2D eigenvalue weighted by molar-refractivity contribution is 7.80. The van der Waals surface area contributed by atoms with Crippen molar-refractivity contribution in [2.45, 2.75) is 0 Å². The van der Waals surface area contributed by atoms with Gasteiger partial charge in [-0.25, -0.2) is 4.79 Å². The number of furan rings is 1. The van der Waals surface area contributed by atoms with Crippen molar-refractivity contribution in [2.24, 2.45) is 0 Å². The fourth-order valence-corrected chi connectivity index (χ4v) is 3.73. The highest BCUT2D eigenvalue weighted by Gasteiger charge is 2.34. The summed E-state index contributed by atoms with van der Waals surface area (Å²) >= 11 is 11.3. The van der Waals surface area contributed by atoms with E-state index in [1.54, 1.807) is 0 Å². The lowest BCUT2D eigenvalue weighted by molar-refractivity contribution is -0.384. The standard InChI is InChI=1S/C22H12ClN3O7S/c23-17-9-13(26(31)32)5-7-15(17)18-8-6-14(33-18)10-16-19(27)24-22(34)25(20(16)28)12-3-1-11(2-4-12)21(29)30/h1-10H,(H,29,30)(H,24,27,34)/b16-10+. The molecule has 1 saturated heterocycles. The first kappa shape index (κ1) is 22.8. The van der Waals surface area contributed by atoms with E-state index >= 15 is 0 Å². The van der Waals surface area contributed by atoms with Crippen LogP contribution in [0.3, 0.4) is 0 Å². The van der Waals surface area contributed by atoms with Crippen LogP contribution in [-0.4, -0.2) is 32.9 Å². The SMILES string of the molecule is O=C1NC(=S)N(c2ccc(C(=O)O)cc2)C(=O)/C1=C/c1ccc(-c2ccc([N+](=O)[O-])cc2Cl)o1. The van der Waals surface area contributed by atoms with Gasteiger partial charge < -0.3 is 9.52 Å². The molecule has 2 aromatic carbocycles. The topological polar surface area (TPSA) is 143 Å². The van der Waals surface area contributed by atoms with Crippen LogP contribution in [0.4, 0.5) is 11.4 Å². The van der Waals surface area contributed by atoms with Gasteiger partial charge in [0.15, 0.2) is 5.11 Å². The quantitative estimate of drug-likeness (QED) is 0.177. The third kappa shape index (κ3) is 4.29. The van der Waals surface area contributed by atoms with E-state index in [1.165, 1.54) is 60.7 Å². The normalized spacial score (nSPS) is 14.9. The van der Waals surface area contributed by atoms with E-state index in [4.69, 9.17) is 33.3 Å². The summed E-state index contributed by atoms with van der Waals surface area (Å²) in [5.41, 5.74) is 0.222. The predicted octanol–water partition coefficient (Wildman–Crippen LogP) is 4.04. The number of hydrogen-bond donors (Lipinski definition) is 2. The fraction of sp³-hybridized carbons (Fsp3) is 0. The van der Waals surface area contributed by atoms with Crippen LogP contribution in [-0.2, 0) is 9.59 Å². The molecule has 2 amide bonds. The lowest BCUT2D eigenvalue weighted by Crippen LogP contribution is -2.54. The second-order valence-corrected chi connectivity index (χ2v) is 7.73. The molecule has 1 aliphatic heterocycles. The maximum Gasteiger partial charge on any atom is 0.335 e. The third-order valence-electron chi connectivity index (χ3n) is 4.82. The zero-order valence-corrected chi connectivity index (χ0v) is 18.4. The minimum Gasteiger partial charge on any atom is -0.478 e. The zero-order chi connectivity index (χ0) is 24.6. The van der Waals surface area contributed by atoms with E-state index in [-0.39, 0.29) is 44.2 Å². The molecule has 0 spiro atoms. The Balaban J connectivity index is 1.65. The number of aromatic carboxylic acids is 1. The Morgan fingerprint density at radius 3 is 2.47 bits per heavy atom. The molecular formula is C22H12ClN3O7S. The average Bonchev–Trinajstić information content (AvgIpc) is 3.25. The Labute approximate surface area is 201 Å². The van der Waals surface area contributed by atoms with Gasteiger partial charge in [0, 0.05) is 17.7 Å². The van der Waals surface area contributed by atoms with Crippen molar-refractivity contribution >= 4 is 64.2 Å². The molecule has 0 radical (unpaired) electrons. The Kier molecular flexibility index (Phi) is 5.97. The predicted molar refractivity (Wildman–Crippen MR) is 125 cm³/mol. The number of benzene rings is 2. The summed E-state index contributed by atoms with van der Waals surface area (Å²) in [6.07, 6.45) is 1.22. The zero-order valence-electron chi connectivity index (χ0n) is 16.9. The third-order valence-corrected chi connectivity index (χ3v) is 5.41. The van der Waals surface area contributed by atoms with Gasteiger partial charge in [-0.05, 0) is 60.8 Å². The van der Waals surface area contributed by atoms with Crippen LogP contribution in [0.2, 0.25) is 5.02 Å². The Hall–Kier alpha value is -4.35. The van der Waals surface area contributed by atoms with Gasteiger partial charge >= 0.3 is 5.97 Å². The van der Waals surface area contributed by atoms with E-state index in [0.29, 0.717) is 5.56 Å². The van der Waals surface area contributed by atoms with Gasteiger partial charge in [0.25, 0.3) is 17.5 Å². The summed E-state index contributed by atoms with van der Waals surface area (Å²) in [4.78, 5) is 48.0. The number of halogens is 1. The molecule has 1 aromatic heterocycles. The number of hydrogen-bond acceptors (Lipinski definition) is 7. The molecule has 1 fully saturated rings. The molecule has 0 atom stereocenters. The van der Waals surface area contributed by atoms with Crippen molar-refractivity contribution in [3.8, 4) is 11.3 Å². The summed E-state index contributed by atoms with van der Waals surface area (Å²) in [7, 11) is 0. The summed E-state index contributed by atoms with van der Waals surface area (Å²) < 4.78 is 5.68. The number of carbonyl (C=O) groups is 3. The number of thiocarbonyl (C=S) groups is 1. The minimum atomic E-state index is -1.13. The number of rotatable bonds is 5. The Morgan fingerprint density at radius 1 is 1.15 bits per heavy atom. The number of nitrogens with zero attached hydrogens (tertiary/aromatic N) is 2. The minimum absolute atomic E-state index is 0.0203. The molecule has 0 saturated carbocycles. The van der Waals surface area contributed by atoms with Gasteiger partial charge in [0.2, 0.25) is 0 Å². The maximum atomic E-state index is 13.1. The van der Waals surface area contributed by atoms with E-state index in [0.717, 1.165) is 4.90 Å². The van der Waals surface area contributed by atoms with Gasteiger partial charge in [-0.1, -0.05) is 11.6 Å². The maximum absolute atomic E-state index is 13.1. The number of carboxylic acids is 1. The van der Waals surface area contributed by atoms with Crippen molar-refractivity contribution < 1.29 is 28.8 Å². The van der Waals surface area contributed by atoms with E-state index in [9.17, 15) is 24.5 Å². The van der Waals surface area contributed by atoms with Crippen LogP contribution in [0.5, 0.6) is 0 Å². The number of amides is 2. The summed E-state index contributed by atoms with van der Waals surface area (Å²) in [5, 5.41) is 22.3. The number of anilines is 1. The monoisotopic (exact) mass is 497 g/mol. The highest BCUT2D eigenvalue weighted by Crippen LogP contribution is 2.33. The van der Waals surface area contributed by atoms with Crippen molar-refractivity contribution in [2.75, 3.05) is 4.90 Å². The first-order valence-electron chi connectivity index (χ1n) is 9.44. The number of nitro benzene ring substituents is 1. The summed E-state index contributed by atoms with van der Waals surface area (Å²) in [6.45, 7) is 0. The number of non-ortho nitro benzene ring substituents is 1. The number of nitrogens with one attached hydrogen (secondary N) is 1. The molecule has 0 unspecified atom stereocenters. The summed E-state index contributed by atoms with van der Waals surface area (Å²) in [6, 6.07) is 12.3. The molecule has 170 valence electrons. The largest absolute Gasteiger partial charge is 0.478 e. The van der Waals surface area contributed by atoms with E-state index < -0.39 is 22.7 Å². The van der Waals surface area contributed by atoms with Crippen LogP contribution in [0, 0.1) is 10.1 Å². The first-order valence-corrected chi connectivity index (χ1v) is 10.2.